The van der Waals surface area contributed by atoms with Gasteiger partial charge in [0, 0.05) is 18.8 Å². The smallest absolute Gasteiger partial charge is 0.326 e. The molecule has 2 rings (SSSR count). The second-order valence-electron chi connectivity index (χ2n) is 4.96. The summed E-state index contributed by atoms with van der Waals surface area (Å²) in [6.07, 6.45) is 3.08. The number of primary amides is 1. The maximum absolute atomic E-state index is 12.1. The van der Waals surface area contributed by atoms with Crippen LogP contribution in [0.25, 0.3) is 5.65 Å². The number of carbonyl (C=O) groups is 3. The average molecular weight is 304 g/mol. The van der Waals surface area contributed by atoms with Gasteiger partial charge in [-0.25, -0.2) is 9.78 Å². The lowest BCUT2D eigenvalue weighted by Crippen LogP contribution is -2.41. The second-order valence-corrected chi connectivity index (χ2v) is 4.96. The first-order chi connectivity index (χ1) is 10.4. The highest BCUT2D eigenvalue weighted by molar-refractivity contribution is 5.95. The molecule has 2 aromatic rings. The van der Waals surface area contributed by atoms with Crippen LogP contribution in [0, 0.1) is 6.92 Å². The topological polar surface area (TPSA) is 127 Å². The Labute approximate surface area is 125 Å². The lowest BCUT2D eigenvalue weighted by Gasteiger charge is -2.12. The molecular formula is C14H16N4O4. The van der Waals surface area contributed by atoms with Crippen LogP contribution in [0.5, 0.6) is 0 Å². The molecular weight excluding hydrogens is 288 g/mol. The van der Waals surface area contributed by atoms with Gasteiger partial charge in [0.25, 0.3) is 5.91 Å². The van der Waals surface area contributed by atoms with Crippen molar-refractivity contribution in [1.29, 1.82) is 0 Å². The molecule has 1 atom stereocenters. The van der Waals surface area contributed by atoms with Gasteiger partial charge in [-0.05, 0) is 31.0 Å². The van der Waals surface area contributed by atoms with Crippen molar-refractivity contribution in [2.75, 3.05) is 0 Å². The molecule has 22 heavy (non-hydrogen) atoms. The van der Waals surface area contributed by atoms with Gasteiger partial charge in [0.2, 0.25) is 5.91 Å². The molecule has 0 aliphatic rings. The van der Waals surface area contributed by atoms with E-state index in [4.69, 9.17) is 10.8 Å². The minimum Gasteiger partial charge on any atom is -0.480 e. The summed E-state index contributed by atoms with van der Waals surface area (Å²) < 4.78 is 1.67. The number of nitrogens with two attached hydrogens (primary N) is 1. The fourth-order valence-electron chi connectivity index (χ4n) is 1.97. The molecule has 0 radical (unpaired) electrons. The zero-order chi connectivity index (χ0) is 16.3. The van der Waals surface area contributed by atoms with Crippen LogP contribution in [-0.4, -0.2) is 38.3 Å². The number of carboxylic acids is 1. The second kappa shape index (κ2) is 6.25. The largest absolute Gasteiger partial charge is 0.480 e. The van der Waals surface area contributed by atoms with Crippen molar-refractivity contribution in [3.63, 3.8) is 0 Å². The van der Waals surface area contributed by atoms with E-state index in [0.29, 0.717) is 5.65 Å². The maximum atomic E-state index is 12.1. The summed E-state index contributed by atoms with van der Waals surface area (Å²) in [6.45, 7) is 1.90. The zero-order valence-corrected chi connectivity index (χ0v) is 11.9. The van der Waals surface area contributed by atoms with Crippen molar-refractivity contribution < 1.29 is 19.5 Å². The number of nitrogens with one attached hydrogen (secondary N) is 1. The van der Waals surface area contributed by atoms with E-state index in [-0.39, 0.29) is 18.5 Å². The molecule has 116 valence electrons. The van der Waals surface area contributed by atoms with Gasteiger partial charge in [-0.3, -0.25) is 9.59 Å². The highest BCUT2D eigenvalue weighted by Crippen LogP contribution is 2.08. The molecule has 0 saturated carbocycles. The minimum atomic E-state index is -1.23. The van der Waals surface area contributed by atoms with E-state index in [1.165, 1.54) is 6.20 Å². The molecule has 2 heterocycles. The number of imidazole rings is 1. The summed E-state index contributed by atoms with van der Waals surface area (Å²) in [6, 6.07) is 2.48. The lowest BCUT2D eigenvalue weighted by molar-refractivity contribution is -0.139. The first-order valence-corrected chi connectivity index (χ1v) is 6.64. The van der Waals surface area contributed by atoms with Gasteiger partial charge in [-0.15, -0.1) is 0 Å². The molecule has 2 aromatic heterocycles. The number of carbonyl (C=O) groups excluding carboxylic acids is 2. The highest BCUT2D eigenvalue weighted by atomic mass is 16.4. The molecule has 0 aliphatic heterocycles. The van der Waals surface area contributed by atoms with Crippen molar-refractivity contribution in [2.45, 2.75) is 25.8 Å². The van der Waals surface area contributed by atoms with Gasteiger partial charge in [-0.1, -0.05) is 0 Å². The maximum Gasteiger partial charge on any atom is 0.326 e. The first kappa shape index (κ1) is 15.5. The average Bonchev–Trinajstić information content (AvgIpc) is 2.85. The Hall–Kier alpha value is -2.90. The van der Waals surface area contributed by atoms with E-state index in [1.807, 2.05) is 13.0 Å². The summed E-state index contributed by atoms with van der Waals surface area (Å²) in [5.41, 5.74) is 6.68. The predicted molar refractivity (Wildman–Crippen MR) is 77.2 cm³/mol. The fraction of sp³-hybridized carbons (Fsp3) is 0.286. The van der Waals surface area contributed by atoms with Crippen LogP contribution < -0.4 is 11.1 Å². The molecule has 0 saturated heterocycles. The Bertz CT molecular complexity index is 738. The summed E-state index contributed by atoms with van der Waals surface area (Å²) in [5, 5.41) is 11.4. The van der Waals surface area contributed by atoms with E-state index >= 15 is 0 Å². The van der Waals surface area contributed by atoms with Gasteiger partial charge >= 0.3 is 5.97 Å². The number of amides is 2. The van der Waals surface area contributed by atoms with Crippen LogP contribution in [0.2, 0.25) is 0 Å². The standard InChI is InChI=1S/C14H16N4O4/c1-8-4-5-18-7-10(16-12(18)6-8)13(20)17-9(14(21)22)2-3-11(15)19/h4-7,9H,2-3H2,1H3,(H2,15,19)(H,17,20)(H,21,22). The Morgan fingerprint density at radius 1 is 1.45 bits per heavy atom. The lowest BCUT2D eigenvalue weighted by atomic mass is 10.1. The summed E-state index contributed by atoms with van der Waals surface area (Å²) in [4.78, 5) is 38.1. The molecule has 0 fully saturated rings. The first-order valence-electron chi connectivity index (χ1n) is 6.64. The number of hydrogen-bond acceptors (Lipinski definition) is 4. The third-order valence-corrected chi connectivity index (χ3v) is 3.13. The third-order valence-electron chi connectivity index (χ3n) is 3.13. The number of rotatable bonds is 6. The molecule has 0 spiro atoms. The van der Waals surface area contributed by atoms with Gasteiger partial charge in [0.05, 0.1) is 0 Å². The van der Waals surface area contributed by atoms with Gasteiger partial charge in [0.15, 0.2) is 0 Å². The summed E-state index contributed by atoms with van der Waals surface area (Å²) in [7, 11) is 0. The van der Waals surface area contributed by atoms with Crippen molar-refractivity contribution in [3.8, 4) is 0 Å². The Morgan fingerprint density at radius 2 is 2.18 bits per heavy atom. The molecule has 8 nitrogen and oxygen atoms in total. The highest BCUT2D eigenvalue weighted by Gasteiger charge is 2.22. The minimum absolute atomic E-state index is 0.0666. The van der Waals surface area contributed by atoms with Crippen LogP contribution in [-0.2, 0) is 9.59 Å². The van der Waals surface area contributed by atoms with E-state index in [1.54, 1.807) is 16.7 Å². The number of hydrogen-bond donors (Lipinski definition) is 3. The molecule has 4 N–H and O–H groups in total. The van der Waals surface area contributed by atoms with Crippen molar-refractivity contribution >= 4 is 23.4 Å². The Balaban J connectivity index is 2.14. The summed E-state index contributed by atoms with van der Waals surface area (Å²) >= 11 is 0. The molecule has 0 bridgehead atoms. The van der Waals surface area contributed by atoms with E-state index in [0.717, 1.165) is 5.56 Å². The number of pyridine rings is 1. The summed E-state index contributed by atoms with van der Waals surface area (Å²) in [5.74, 6) is -2.46. The van der Waals surface area contributed by atoms with E-state index in [2.05, 4.69) is 10.3 Å². The molecule has 2 amide bonds. The van der Waals surface area contributed by atoms with Crippen LogP contribution in [0.1, 0.15) is 28.9 Å². The van der Waals surface area contributed by atoms with Crippen LogP contribution >= 0.6 is 0 Å². The normalized spacial score (nSPS) is 12.0. The SMILES string of the molecule is Cc1ccn2cc(C(=O)NC(CCC(N)=O)C(=O)O)nc2c1. The zero-order valence-electron chi connectivity index (χ0n) is 11.9. The van der Waals surface area contributed by atoms with Gasteiger partial charge < -0.3 is 20.6 Å². The molecule has 1 unspecified atom stereocenters. The van der Waals surface area contributed by atoms with Crippen LogP contribution in [0.15, 0.2) is 24.5 Å². The number of aliphatic carboxylic acids is 1. The molecule has 8 heteroatoms. The molecule has 0 aliphatic carbocycles. The molecule has 0 aromatic carbocycles. The van der Waals surface area contributed by atoms with Crippen molar-refractivity contribution in [3.05, 3.63) is 35.8 Å². The van der Waals surface area contributed by atoms with Gasteiger partial charge in [0.1, 0.15) is 17.4 Å². The third kappa shape index (κ3) is 3.60. The monoisotopic (exact) mass is 304 g/mol. The Kier molecular flexibility index (Phi) is 4.40. The quantitative estimate of drug-likeness (QED) is 0.697. The van der Waals surface area contributed by atoms with E-state index in [9.17, 15) is 14.4 Å². The van der Waals surface area contributed by atoms with Crippen molar-refractivity contribution in [2.24, 2.45) is 5.73 Å². The number of aryl methyl sites for hydroxylation is 1. The Morgan fingerprint density at radius 3 is 2.82 bits per heavy atom. The predicted octanol–water partition coefficient (Wildman–Crippen LogP) is 0.0912. The number of carboxylic acid groups (broad SMARTS) is 1. The van der Waals surface area contributed by atoms with Gasteiger partial charge in [-0.2, -0.15) is 0 Å². The fourth-order valence-corrected chi connectivity index (χ4v) is 1.97. The number of aromatic nitrogens is 2. The van der Waals surface area contributed by atoms with E-state index < -0.39 is 23.8 Å². The van der Waals surface area contributed by atoms with Crippen LogP contribution in [0.4, 0.5) is 0 Å². The van der Waals surface area contributed by atoms with Crippen molar-refractivity contribution in [1.82, 2.24) is 14.7 Å². The van der Waals surface area contributed by atoms with Crippen LogP contribution in [0.3, 0.4) is 0 Å². The number of fused-ring (bicyclic) bond motifs is 1. The number of nitrogens with zero attached hydrogens (tertiary/aromatic N) is 2.